The summed E-state index contributed by atoms with van der Waals surface area (Å²) in [4.78, 5) is 0. The Balaban J connectivity index is 3.38. The Morgan fingerprint density at radius 2 is 0.500 bits per heavy atom. The molecule has 1 heterocycles. The summed E-state index contributed by atoms with van der Waals surface area (Å²) >= 11 is -8.39. The van der Waals surface area contributed by atoms with Crippen LogP contribution in [0.5, 0.6) is 0 Å². The number of rotatable bonds is 18. The molecule has 1 aliphatic heterocycles. The zero-order chi connectivity index (χ0) is 22.3. The number of unbranched alkanes of at least 4 members (excludes halogenated alkanes) is 6. The van der Waals surface area contributed by atoms with Crippen LogP contribution in [0.2, 0.25) is 31.5 Å². The third-order valence-electron chi connectivity index (χ3n) is 6.58. The van der Waals surface area contributed by atoms with Crippen molar-refractivity contribution in [1.82, 2.24) is 0 Å². The molecule has 0 aromatic heterocycles. The molecule has 0 aliphatic carbocycles. The van der Waals surface area contributed by atoms with Crippen molar-refractivity contribution in [1.29, 1.82) is 0 Å². The van der Waals surface area contributed by atoms with Crippen molar-refractivity contribution in [3.63, 3.8) is 0 Å². The molecule has 1 rings (SSSR count). The van der Waals surface area contributed by atoms with Crippen LogP contribution in [0.15, 0.2) is 0 Å². The maximum absolute atomic E-state index is 7.46. The summed E-state index contributed by atoms with van der Waals surface area (Å²) in [6.07, 6.45) is 15.4. The third kappa shape index (κ3) is 9.78. The topological polar surface area (TPSA) is 27.7 Å². The normalized spacial score (nSPS) is 19.8. The molecule has 30 heavy (non-hydrogen) atoms. The van der Waals surface area contributed by atoms with Crippen LogP contribution in [-0.4, -0.2) is 41.8 Å². The molecule has 1 saturated heterocycles. The second kappa shape index (κ2) is 16.2. The average Bonchev–Trinajstić information content (AvgIpc) is 2.76. The Hall–Kier alpha value is 1.51. The molecule has 0 amide bonds. The summed E-state index contributed by atoms with van der Waals surface area (Å²) in [6.45, 7) is 14.0. The molecule has 1 aliphatic rings. The van der Waals surface area contributed by atoms with Gasteiger partial charge in [-0.2, -0.15) is 0 Å². The Bertz CT molecular complexity index is 336. The van der Waals surface area contributed by atoms with Crippen LogP contribution in [-0.2, 0) is 8.37 Å². The molecule has 1 fully saturated rings. The van der Waals surface area contributed by atoms with Crippen molar-refractivity contribution in [2.24, 2.45) is 0 Å². The van der Waals surface area contributed by atoms with Gasteiger partial charge < -0.3 is 0 Å². The first kappa shape index (κ1) is 29.5. The van der Waals surface area contributed by atoms with E-state index in [2.05, 4.69) is 41.5 Å². The summed E-state index contributed by atoms with van der Waals surface area (Å²) < 4.78 is 22.4. The van der Waals surface area contributed by atoms with Crippen molar-refractivity contribution in [3.05, 3.63) is 0 Å². The Morgan fingerprint density at radius 1 is 0.333 bits per heavy atom. The van der Waals surface area contributed by atoms with Gasteiger partial charge in [-0.25, -0.2) is 0 Å². The average molecular weight is 609 g/mol. The maximum atomic E-state index is 7.46. The van der Waals surface area contributed by atoms with E-state index in [1.165, 1.54) is 109 Å². The van der Waals surface area contributed by atoms with E-state index in [0.717, 1.165) is 0 Å². The minimum absolute atomic E-state index is 1.26. The number of hydrogen-bond donors (Lipinski definition) is 0. The predicted octanol–water partition coefficient (Wildman–Crippen LogP) is 9.18. The van der Waals surface area contributed by atoms with Gasteiger partial charge in [-0.1, -0.05) is 0 Å². The predicted molar refractivity (Wildman–Crippen MR) is 139 cm³/mol. The van der Waals surface area contributed by atoms with Gasteiger partial charge in [0.05, 0.1) is 0 Å². The molecular formula is C24H54Ge3O3. The number of hydrogen-bond acceptors (Lipinski definition) is 3. The van der Waals surface area contributed by atoms with Crippen LogP contribution in [0.1, 0.15) is 119 Å². The van der Waals surface area contributed by atoms with E-state index in [1.54, 1.807) is 0 Å². The van der Waals surface area contributed by atoms with Crippen LogP contribution < -0.4 is 0 Å². The van der Waals surface area contributed by atoms with Crippen molar-refractivity contribution < 1.29 is 8.37 Å². The fourth-order valence-corrected chi connectivity index (χ4v) is 68.6. The quantitative estimate of drug-likeness (QED) is 0.145. The van der Waals surface area contributed by atoms with E-state index in [-0.39, 0.29) is 0 Å². The molecular weight excluding hydrogens is 554 g/mol. The molecule has 6 heteroatoms. The van der Waals surface area contributed by atoms with Gasteiger partial charge in [-0.3, -0.25) is 0 Å². The SMILES string of the molecule is CCC[CH2][Ge]1([CH2]CCC)[O][Ge]([CH2]CCC)([CH2]CCC)[O][Ge]([CH2]CCC)([CH2]CCC)[O]1. The molecule has 0 spiro atoms. The van der Waals surface area contributed by atoms with Gasteiger partial charge >= 0.3 is 200 Å². The van der Waals surface area contributed by atoms with Gasteiger partial charge in [0.15, 0.2) is 0 Å². The van der Waals surface area contributed by atoms with Crippen molar-refractivity contribution in [3.8, 4) is 0 Å². The van der Waals surface area contributed by atoms with E-state index in [4.69, 9.17) is 8.37 Å². The van der Waals surface area contributed by atoms with Crippen molar-refractivity contribution in [2.45, 2.75) is 150 Å². The Labute approximate surface area is 199 Å². The minimum atomic E-state index is -2.80. The van der Waals surface area contributed by atoms with Gasteiger partial charge in [0.25, 0.3) is 0 Å². The van der Waals surface area contributed by atoms with Gasteiger partial charge in [0, 0.05) is 0 Å². The first-order chi connectivity index (χ1) is 14.5. The molecule has 0 unspecified atom stereocenters. The van der Waals surface area contributed by atoms with Gasteiger partial charge in [-0.05, 0) is 0 Å². The zero-order valence-corrected chi connectivity index (χ0v) is 27.7. The zero-order valence-electron chi connectivity index (χ0n) is 21.5. The van der Waals surface area contributed by atoms with E-state index in [1.807, 2.05) is 0 Å². The second-order valence-corrected chi connectivity index (χ2v) is 35.4. The molecule has 0 aromatic rings. The molecule has 0 atom stereocenters. The summed E-state index contributed by atoms with van der Waals surface area (Å²) in [5, 5.41) is 7.64. The molecule has 180 valence electrons. The van der Waals surface area contributed by atoms with Gasteiger partial charge in [0.1, 0.15) is 0 Å². The summed E-state index contributed by atoms with van der Waals surface area (Å²) in [5.74, 6) is 0. The Kier molecular flexibility index (Phi) is 15.9. The molecule has 0 saturated carbocycles. The monoisotopic (exact) mass is 612 g/mol. The van der Waals surface area contributed by atoms with Crippen molar-refractivity contribution in [2.75, 3.05) is 0 Å². The third-order valence-corrected chi connectivity index (χ3v) is 49.6. The molecule has 0 bridgehead atoms. The van der Waals surface area contributed by atoms with Crippen molar-refractivity contribution >= 4 is 41.8 Å². The summed E-state index contributed by atoms with van der Waals surface area (Å²) in [5.41, 5.74) is 0. The van der Waals surface area contributed by atoms with Gasteiger partial charge in [0.2, 0.25) is 0 Å². The molecule has 0 aromatic carbocycles. The first-order valence-electron chi connectivity index (χ1n) is 13.6. The fourth-order valence-electron chi connectivity index (χ4n) is 4.74. The standard InChI is InChI=1S/C24H54Ge3O3/c1-7-13-19-25(20-14-8-2)28-26(21-15-9-3,22-16-10-4)30-27(29-25,23-17-11-5)24-18-12-6/h7-24H2,1-6H3. The van der Waals surface area contributed by atoms with E-state index in [0.29, 0.717) is 0 Å². The van der Waals surface area contributed by atoms with Crippen LogP contribution in [0, 0.1) is 0 Å². The van der Waals surface area contributed by atoms with Crippen LogP contribution >= 0.6 is 0 Å². The summed E-state index contributed by atoms with van der Waals surface area (Å²) in [6, 6.07) is 0. The van der Waals surface area contributed by atoms with Crippen LogP contribution in [0.3, 0.4) is 0 Å². The second-order valence-electron chi connectivity index (χ2n) is 9.66. The van der Waals surface area contributed by atoms with E-state index < -0.39 is 41.8 Å². The Morgan fingerprint density at radius 3 is 0.633 bits per heavy atom. The first-order valence-corrected chi connectivity index (χ1v) is 27.6. The molecule has 0 N–H and O–H groups in total. The van der Waals surface area contributed by atoms with E-state index >= 15 is 0 Å². The fraction of sp³-hybridized carbons (Fsp3) is 1.00. The van der Waals surface area contributed by atoms with Crippen LogP contribution in [0.4, 0.5) is 0 Å². The molecule has 3 nitrogen and oxygen atoms in total. The van der Waals surface area contributed by atoms with E-state index in [9.17, 15) is 0 Å². The van der Waals surface area contributed by atoms with Gasteiger partial charge in [-0.15, -0.1) is 0 Å². The summed E-state index contributed by atoms with van der Waals surface area (Å²) in [7, 11) is 0. The molecule has 0 radical (unpaired) electrons. The van der Waals surface area contributed by atoms with Crippen LogP contribution in [0.25, 0.3) is 0 Å².